The second-order valence-electron chi connectivity index (χ2n) is 5.17. The van der Waals surface area contributed by atoms with E-state index in [2.05, 4.69) is 27.4 Å². The zero-order valence-electron chi connectivity index (χ0n) is 13.4. The van der Waals surface area contributed by atoms with Crippen LogP contribution in [0.5, 0.6) is 0 Å². The summed E-state index contributed by atoms with van der Waals surface area (Å²) >= 11 is 6.18. The predicted molar refractivity (Wildman–Crippen MR) is 97.7 cm³/mol. The normalized spacial score (nSPS) is 10.4. The largest absolute Gasteiger partial charge is 0.364 e. The fourth-order valence-electron chi connectivity index (χ4n) is 2.37. The molecule has 0 aliphatic carbocycles. The van der Waals surface area contributed by atoms with E-state index in [0.717, 1.165) is 22.8 Å². The number of nitrogens with zero attached hydrogens (tertiary/aromatic N) is 4. The number of hydrogen-bond acceptors (Lipinski definition) is 5. The van der Waals surface area contributed by atoms with Crippen molar-refractivity contribution in [1.29, 1.82) is 0 Å². The van der Waals surface area contributed by atoms with Gasteiger partial charge in [-0.3, -0.25) is 0 Å². The van der Waals surface area contributed by atoms with E-state index >= 15 is 0 Å². The molecule has 0 unspecified atom stereocenters. The molecule has 2 aromatic carbocycles. The van der Waals surface area contributed by atoms with Crippen molar-refractivity contribution in [2.24, 2.45) is 0 Å². The maximum atomic E-state index is 6.18. The summed E-state index contributed by atoms with van der Waals surface area (Å²) in [6, 6.07) is 17.7. The van der Waals surface area contributed by atoms with E-state index in [0.29, 0.717) is 18.3 Å². The summed E-state index contributed by atoms with van der Waals surface area (Å²) in [6.07, 6.45) is 1.61. The minimum absolute atomic E-state index is 0.563. The molecule has 1 aromatic heterocycles. The molecule has 0 saturated heterocycles. The molecule has 0 spiro atoms. The van der Waals surface area contributed by atoms with Gasteiger partial charge in [-0.05, 0) is 30.7 Å². The monoisotopic (exact) mass is 339 g/mol. The van der Waals surface area contributed by atoms with Crippen molar-refractivity contribution >= 4 is 29.1 Å². The molecule has 6 heteroatoms. The van der Waals surface area contributed by atoms with Gasteiger partial charge in [0.15, 0.2) is 5.82 Å². The quantitative estimate of drug-likeness (QED) is 0.725. The lowest BCUT2D eigenvalue weighted by atomic mass is 10.2. The first-order valence-corrected chi connectivity index (χ1v) is 8.15. The zero-order valence-corrected chi connectivity index (χ0v) is 14.1. The van der Waals surface area contributed by atoms with Crippen LogP contribution >= 0.6 is 11.6 Å². The van der Waals surface area contributed by atoms with Gasteiger partial charge >= 0.3 is 0 Å². The molecule has 0 amide bonds. The number of para-hydroxylation sites is 1. The minimum Gasteiger partial charge on any atom is -0.364 e. The third-order valence-corrected chi connectivity index (χ3v) is 3.96. The Hall–Kier alpha value is -2.66. The van der Waals surface area contributed by atoms with Crippen molar-refractivity contribution in [2.75, 3.05) is 16.8 Å². The minimum atomic E-state index is 0.563. The van der Waals surface area contributed by atoms with Crippen molar-refractivity contribution < 1.29 is 0 Å². The first-order chi connectivity index (χ1) is 11.8. The summed E-state index contributed by atoms with van der Waals surface area (Å²) in [7, 11) is 0. The van der Waals surface area contributed by atoms with Crippen molar-refractivity contribution in [3.8, 4) is 0 Å². The Kier molecular flexibility index (Phi) is 5.23. The van der Waals surface area contributed by atoms with Gasteiger partial charge in [0.05, 0.1) is 6.20 Å². The molecule has 1 heterocycles. The Morgan fingerprint density at radius 3 is 2.54 bits per heavy atom. The number of nitrogens with one attached hydrogen (secondary N) is 1. The van der Waals surface area contributed by atoms with E-state index in [4.69, 9.17) is 11.6 Å². The van der Waals surface area contributed by atoms with E-state index in [-0.39, 0.29) is 0 Å². The number of benzene rings is 2. The van der Waals surface area contributed by atoms with Crippen molar-refractivity contribution in [1.82, 2.24) is 15.2 Å². The molecule has 0 aliphatic heterocycles. The maximum absolute atomic E-state index is 6.18. The highest BCUT2D eigenvalue weighted by Gasteiger charge is 2.11. The molecule has 0 radical (unpaired) electrons. The van der Waals surface area contributed by atoms with E-state index in [9.17, 15) is 0 Å². The molecule has 24 heavy (non-hydrogen) atoms. The van der Waals surface area contributed by atoms with Gasteiger partial charge in [0.2, 0.25) is 0 Å². The van der Waals surface area contributed by atoms with Crippen LogP contribution in [0.1, 0.15) is 12.5 Å². The molecule has 122 valence electrons. The molecule has 3 aromatic rings. The number of hydrogen-bond donors (Lipinski definition) is 1. The zero-order chi connectivity index (χ0) is 16.8. The number of rotatable bonds is 6. The average Bonchev–Trinajstić information content (AvgIpc) is 2.63. The van der Waals surface area contributed by atoms with Crippen LogP contribution in [0.2, 0.25) is 5.02 Å². The van der Waals surface area contributed by atoms with Gasteiger partial charge in [0.25, 0.3) is 5.95 Å². The van der Waals surface area contributed by atoms with Crippen LogP contribution < -0.4 is 10.2 Å². The molecule has 0 fully saturated rings. The fourth-order valence-corrected chi connectivity index (χ4v) is 2.57. The lowest BCUT2D eigenvalue weighted by Crippen LogP contribution is -2.19. The molecule has 1 N–H and O–H groups in total. The van der Waals surface area contributed by atoms with Crippen LogP contribution in [-0.2, 0) is 6.54 Å². The van der Waals surface area contributed by atoms with Crippen LogP contribution in [-0.4, -0.2) is 21.7 Å². The molecular weight excluding hydrogens is 322 g/mol. The standard InChI is InChI=1S/C18H18ClN5/c1-2-24(15-9-4-3-5-10-15)18-22-17(13-21-23-18)20-12-14-8-6-7-11-16(14)19/h3-11,13H,2,12H2,1H3,(H,20,22,23). The SMILES string of the molecule is CCN(c1ccccc1)c1nncc(NCc2ccccc2Cl)n1. The molecule has 0 saturated carbocycles. The van der Waals surface area contributed by atoms with Crippen LogP contribution in [0.25, 0.3) is 0 Å². The van der Waals surface area contributed by atoms with Gasteiger partial charge in [-0.15, -0.1) is 5.10 Å². The highest BCUT2D eigenvalue weighted by molar-refractivity contribution is 6.31. The summed E-state index contributed by atoms with van der Waals surface area (Å²) in [4.78, 5) is 6.57. The van der Waals surface area contributed by atoms with E-state index in [1.165, 1.54) is 0 Å². The molecule has 0 atom stereocenters. The van der Waals surface area contributed by atoms with E-state index in [1.54, 1.807) is 6.20 Å². The Labute approximate surface area is 146 Å². The molecule has 0 bridgehead atoms. The molecule has 5 nitrogen and oxygen atoms in total. The third-order valence-electron chi connectivity index (χ3n) is 3.59. The van der Waals surface area contributed by atoms with Crippen LogP contribution in [0.15, 0.2) is 60.8 Å². The number of halogens is 1. The highest BCUT2D eigenvalue weighted by Crippen LogP contribution is 2.22. The maximum Gasteiger partial charge on any atom is 0.251 e. The Morgan fingerprint density at radius 2 is 1.79 bits per heavy atom. The summed E-state index contributed by atoms with van der Waals surface area (Å²) in [5.41, 5.74) is 2.04. The molecule has 3 rings (SSSR count). The Bertz CT molecular complexity index is 794. The van der Waals surface area contributed by atoms with Crippen molar-refractivity contribution in [3.63, 3.8) is 0 Å². The average molecular weight is 340 g/mol. The number of aromatic nitrogens is 3. The second-order valence-corrected chi connectivity index (χ2v) is 5.57. The van der Waals surface area contributed by atoms with Crippen molar-refractivity contribution in [2.45, 2.75) is 13.5 Å². The van der Waals surface area contributed by atoms with E-state index < -0.39 is 0 Å². The lowest BCUT2D eigenvalue weighted by molar-refractivity contribution is 0.881. The van der Waals surface area contributed by atoms with Crippen LogP contribution in [0.4, 0.5) is 17.5 Å². The van der Waals surface area contributed by atoms with Gasteiger partial charge in [0.1, 0.15) is 0 Å². The Balaban J connectivity index is 1.77. The first kappa shape index (κ1) is 16.2. The summed E-state index contributed by atoms with van der Waals surface area (Å²) in [6.45, 7) is 3.38. The third kappa shape index (κ3) is 3.81. The molecular formula is C18H18ClN5. The second kappa shape index (κ2) is 7.75. The summed E-state index contributed by atoms with van der Waals surface area (Å²) in [5.74, 6) is 1.22. The van der Waals surface area contributed by atoms with Gasteiger partial charge in [0, 0.05) is 23.8 Å². The van der Waals surface area contributed by atoms with Gasteiger partial charge in [-0.2, -0.15) is 10.1 Å². The number of anilines is 3. The van der Waals surface area contributed by atoms with Crippen LogP contribution in [0.3, 0.4) is 0 Å². The topological polar surface area (TPSA) is 53.9 Å². The van der Waals surface area contributed by atoms with E-state index in [1.807, 2.05) is 59.5 Å². The summed E-state index contributed by atoms with van der Waals surface area (Å²) in [5, 5.41) is 12.2. The smallest absolute Gasteiger partial charge is 0.251 e. The highest BCUT2D eigenvalue weighted by atomic mass is 35.5. The summed E-state index contributed by atoms with van der Waals surface area (Å²) < 4.78 is 0. The first-order valence-electron chi connectivity index (χ1n) is 7.77. The van der Waals surface area contributed by atoms with Crippen LogP contribution in [0, 0.1) is 0 Å². The Morgan fingerprint density at radius 1 is 1.04 bits per heavy atom. The van der Waals surface area contributed by atoms with Gasteiger partial charge in [-0.1, -0.05) is 48.0 Å². The predicted octanol–water partition coefficient (Wildman–Crippen LogP) is 4.30. The fraction of sp³-hybridized carbons (Fsp3) is 0.167. The van der Waals surface area contributed by atoms with Crippen molar-refractivity contribution in [3.05, 3.63) is 71.4 Å². The lowest BCUT2D eigenvalue weighted by Gasteiger charge is -2.20. The van der Waals surface area contributed by atoms with Gasteiger partial charge in [-0.25, -0.2) is 0 Å². The van der Waals surface area contributed by atoms with Gasteiger partial charge < -0.3 is 10.2 Å². The molecule has 0 aliphatic rings.